The van der Waals surface area contributed by atoms with Gasteiger partial charge in [0.1, 0.15) is 0 Å². The number of imidazole rings is 1. The monoisotopic (exact) mass is 238 g/mol. The number of carbonyl (C=O) groups is 1. The Morgan fingerprint density at radius 1 is 1.65 bits per heavy atom. The number of ether oxygens (including phenoxy) is 1. The number of hydrogen-bond donors (Lipinski definition) is 2. The first kappa shape index (κ1) is 12.3. The topological polar surface area (TPSA) is 75.2 Å². The van der Waals surface area contributed by atoms with Gasteiger partial charge in [-0.25, -0.2) is 4.98 Å². The summed E-state index contributed by atoms with van der Waals surface area (Å²) in [6.07, 6.45) is 2.46. The van der Waals surface area contributed by atoms with Gasteiger partial charge in [-0.3, -0.25) is 4.79 Å². The number of hydrogen-bond acceptors (Lipinski definition) is 4. The fourth-order valence-electron chi connectivity index (χ4n) is 2.22. The minimum Gasteiger partial charge on any atom is -0.362 e. The highest BCUT2D eigenvalue weighted by atomic mass is 16.6. The highest BCUT2D eigenvalue weighted by molar-refractivity contribution is 5.87. The number of aromatic amines is 1. The fraction of sp³-hybridized carbons (Fsp3) is 0.667. The second kappa shape index (κ2) is 4.23. The second-order valence-electron chi connectivity index (χ2n) is 5.27. The predicted octanol–water partition coefficient (Wildman–Crippen LogP) is 1.22. The van der Waals surface area contributed by atoms with Crippen LogP contribution in [0.25, 0.3) is 0 Å². The number of carbonyl (C=O) groups excluding carboxylic acids is 1. The first-order valence-corrected chi connectivity index (χ1v) is 5.78. The summed E-state index contributed by atoms with van der Waals surface area (Å²) in [7, 11) is 0. The summed E-state index contributed by atoms with van der Waals surface area (Å²) >= 11 is 0. The molecule has 1 aliphatic rings. The molecule has 2 rings (SSSR count). The predicted molar refractivity (Wildman–Crippen MR) is 61.3 cm³/mol. The Kier molecular flexibility index (Phi) is 3.05. The van der Waals surface area contributed by atoms with E-state index in [0.717, 1.165) is 5.69 Å². The van der Waals surface area contributed by atoms with Crippen molar-refractivity contribution >= 4 is 5.78 Å². The van der Waals surface area contributed by atoms with E-state index in [1.165, 1.54) is 0 Å². The number of rotatable bonds is 2. The molecule has 1 aliphatic heterocycles. The Morgan fingerprint density at radius 2 is 2.35 bits per heavy atom. The van der Waals surface area contributed by atoms with Gasteiger partial charge in [-0.2, -0.15) is 0 Å². The zero-order chi connectivity index (χ0) is 12.6. The molecular formula is C12H18N2O3. The van der Waals surface area contributed by atoms with Gasteiger partial charge in [0, 0.05) is 23.2 Å². The molecule has 0 saturated carbocycles. The Morgan fingerprint density at radius 3 is 2.88 bits per heavy atom. The van der Waals surface area contributed by atoms with Crippen molar-refractivity contribution in [3.05, 3.63) is 18.2 Å². The SMILES string of the molecule is CC(c1cnc[nH]1)C1CC(C)(C)C(=O)[C@H](O)O1. The summed E-state index contributed by atoms with van der Waals surface area (Å²) in [6.45, 7) is 5.68. The van der Waals surface area contributed by atoms with Crippen LogP contribution in [0.15, 0.2) is 12.5 Å². The van der Waals surface area contributed by atoms with Gasteiger partial charge in [-0.05, 0) is 6.42 Å². The number of aromatic nitrogens is 2. The highest BCUT2D eigenvalue weighted by Gasteiger charge is 2.43. The van der Waals surface area contributed by atoms with Crippen LogP contribution in [0.4, 0.5) is 0 Å². The number of ketones is 1. The highest BCUT2D eigenvalue weighted by Crippen LogP contribution is 2.37. The van der Waals surface area contributed by atoms with Crippen molar-refractivity contribution < 1.29 is 14.6 Å². The van der Waals surface area contributed by atoms with Crippen LogP contribution >= 0.6 is 0 Å². The van der Waals surface area contributed by atoms with Crippen LogP contribution in [0, 0.1) is 5.41 Å². The minimum absolute atomic E-state index is 0.0690. The lowest BCUT2D eigenvalue weighted by Gasteiger charge is -2.38. The summed E-state index contributed by atoms with van der Waals surface area (Å²) in [5.74, 6) is -0.176. The van der Waals surface area contributed by atoms with E-state index < -0.39 is 11.7 Å². The standard InChI is InChI=1S/C12H18N2O3/c1-7(8-5-13-6-14-8)9-4-12(2,3)10(15)11(16)17-9/h5-7,9,11,16H,4H2,1-3H3,(H,13,14)/t7?,9?,11-/m1/s1. The van der Waals surface area contributed by atoms with Crippen molar-refractivity contribution in [2.45, 2.75) is 45.5 Å². The summed E-state index contributed by atoms with van der Waals surface area (Å²) < 4.78 is 5.38. The van der Waals surface area contributed by atoms with E-state index >= 15 is 0 Å². The Hall–Kier alpha value is -1.20. The van der Waals surface area contributed by atoms with E-state index in [4.69, 9.17) is 4.74 Å². The van der Waals surface area contributed by atoms with Gasteiger partial charge >= 0.3 is 0 Å². The molecule has 0 radical (unpaired) electrons. The molecular weight excluding hydrogens is 220 g/mol. The van der Waals surface area contributed by atoms with Gasteiger partial charge in [-0.1, -0.05) is 20.8 Å². The number of H-pyrrole nitrogens is 1. The molecule has 5 heteroatoms. The van der Waals surface area contributed by atoms with E-state index in [2.05, 4.69) is 9.97 Å². The average Bonchev–Trinajstić information content (AvgIpc) is 2.77. The van der Waals surface area contributed by atoms with Crippen LogP contribution in [0.2, 0.25) is 0 Å². The zero-order valence-corrected chi connectivity index (χ0v) is 10.3. The molecule has 0 bridgehead atoms. The number of aliphatic hydroxyl groups excluding tert-OH is 1. The molecule has 5 nitrogen and oxygen atoms in total. The number of nitrogens with zero attached hydrogens (tertiary/aromatic N) is 1. The molecule has 1 aromatic heterocycles. The molecule has 2 heterocycles. The average molecular weight is 238 g/mol. The van der Waals surface area contributed by atoms with Crippen molar-refractivity contribution in [1.82, 2.24) is 9.97 Å². The molecule has 17 heavy (non-hydrogen) atoms. The fourth-order valence-corrected chi connectivity index (χ4v) is 2.22. The lowest BCUT2D eigenvalue weighted by atomic mass is 9.77. The van der Waals surface area contributed by atoms with Crippen molar-refractivity contribution in [3.8, 4) is 0 Å². The van der Waals surface area contributed by atoms with Crippen LogP contribution in [-0.4, -0.2) is 33.3 Å². The lowest BCUT2D eigenvalue weighted by Crippen LogP contribution is -2.47. The Balaban J connectivity index is 2.16. The van der Waals surface area contributed by atoms with Crippen LogP contribution in [-0.2, 0) is 9.53 Å². The van der Waals surface area contributed by atoms with E-state index in [9.17, 15) is 9.90 Å². The van der Waals surface area contributed by atoms with Crippen molar-refractivity contribution in [2.24, 2.45) is 5.41 Å². The summed E-state index contributed by atoms with van der Waals surface area (Å²) in [4.78, 5) is 18.7. The normalized spacial score (nSPS) is 30.2. The minimum atomic E-state index is -1.31. The Bertz CT molecular complexity index is 400. The molecule has 2 N–H and O–H groups in total. The lowest BCUT2D eigenvalue weighted by molar-refractivity contribution is -0.198. The van der Waals surface area contributed by atoms with Gasteiger partial charge in [0.2, 0.25) is 6.29 Å². The maximum atomic E-state index is 11.7. The van der Waals surface area contributed by atoms with E-state index in [1.54, 1.807) is 12.5 Å². The molecule has 1 saturated heterocycles. The molecule has 3 atom stereocenters. The molecule has 1 aromatic rings. The second-order valence-corrected chi connectivity index (χ2v) is 5.27. The van der Waals surface area contributed by atoms with Crippen LogP contribution in [0.1, 0.15) is 38.8 Å². The molecule has 0 aromatic carbocycles. The first-order chi connectivity index (χ1) is 7.92. The third kappa shape index (κ3) is 2.25. The summed E-state index contributed by atoms with van der Waals surface area (Å²) in [5, 5.41) is 9.63. The molecule has 0 amide bonds. The maximum Gasteiger partial charge on any atom is 0.216 e. The summed E-state index contributed by atoms with van der Waals surface area (Å²) in [6, 6.07) is 0. The van der Waals surface area contributed by atoms with Crippen LogP contribution < -0.4 is 0 Å². The number of aliphatic hydroxyl groups is 1. The summed E-state index contributed by atoms with van der Waals surface area (Å²) in [5.41, 5.74) is 0.406. The van der Waals surface area contributed by atoms with E-state index in [0.29, 0.717) is 6.42 Å². The van der Waals surface area contributed by atoms with Crippen molar-refractivity contribution in [1.29, 1.82) is 0 Å². The maximum absolute atomic E-state index is 11.7. The van der Waals surface area contributed by atoms with Gasteiger partial charge < -0.3 is 14.8 Å². The molecule has 94 valence electrons. The van der Waals surface area contributed by atoms with Crippen molar-refractivity contribution in [2.75, 3.05) is 0 Å². The van der Waals surface area contributed by atoms with E-state index in [1.807, 2.05) is 20.8 Å². The smallest absolute Gasteiger partial charge is 0.216 e. The zero-order valence-electron chi connectivity index (χ0n) is 10.3. The van der Waals surface area contributed by atoms with Crippen LogP contribution in [0.5, 0.6) is 0 Å². The quantitative estimate of drug-likeness (QED) is 0.812. The van der Waals surface area contributed by atoms with Gasteiger partial charge in [-0.15, -0.1) is 0 Å². The van der Waals surface area contributed by atoms with Crippen molar-refractivity contribution in [3.63, 3.8) is 0 Å². The van der Waals surface area contributed by atoms with E-state index in [-0.39, 0.29) is 17.8 Å². The molecule has 0 spiro atoms. The van der Waals surface area contributed by atoms with Gasteiger partial charge in [0.05, 0.1) is 12.4 Å². The number of Topliss-reactive ketones (excluding diaryl/α,β-unsaturated/α-hetero) is 1. The third-order valence-corrected chi connectivity index (χ3v) is 3.47. The molecule has 1 fully saturated rings. The number of nitrogens with one attached hydrogen (secondary N) is 1. The van der Waals surface area contributed by atoms with Gasteiger partial charge in [0.25, 0.3) is 0 Å². The Labute approximate surface area is 100 Å². The molecule has 0 aliphatic carbocycles. The van der Waals surface area contributed by atoms with Crippen LogP contribution in [0.3, 0.4) is 0 Å². The first-order valence-electron chi connectivity index (χ1n) is 5.78. The third-order valence-electron chi connectivity index (χ3n) is 3.47. The largest absolute Gasteiger partial charge is 0.362 e. The molecule has 2 unspecified atom stereocenters. The van der Waals surface area contributed by atoms with Gasteiger partial charge in [0.15, 0.2) is 5.78 Å².